The number of nitrogens with one attached hydrogen (secondary N) is 2. The van der Waals surface area contributed by atoms with E-state index in [1.807, 2.05) is 30.0 Å². The van der Waals surface area contributed by atoms with Crippen LogP contribution in [0.1, 0.15) is 25.8 Å². The van der Waals surface area contributed by atoms with Crippen LogP contribution in [-0.2, 0) is 20.9 Å². The number of hydrogen-bond donors (Lipinski definition) is 2. The van der Waals surface area contributed by atoms with E-state index in [4.69, 9.17) is 0 Å². The zero-order chi connectivity index (χ0) is 18.9. The van der Waals surface area contributed by atoms with Crippen LogP contribution >= 0.6 is 0 Å². The molecule has 0 bridgehead atoms. The molecule has 0 radical (unpaired) electrons. The standard InChI is InChI=1S/C19H28N4O3/c1-15-13-22(14-17-7-4-3-5-8-17)9-6-10-23(15)19(26)12-21-18(25)11-20-16(2)24/h3-5,7-8,15H,6,9-14H2,1-2H3,(H,20,24)(H,21,25). The molecule has 1 aliphatic heterocycles. The molecule has 0 saturated carbocycles. The minimum Gasteiger partial charge on any atom is -0.347 e. The molecule has 142 valence electrons. The molecule has 7 heteroatoms. The molecule has 26 heavy (non-hydrogen) atoms. The molecule has 1 aromatic rings. The maximum atomic E-state index is 12.5. The predicted octanol–water partition coefficient (Wildman–Crippen LogP) is 0.362. The van der Waals surface area contributed by atoms with Gasteiger partial charge in [0.05, 0.1) is 13.1 Å². The molecule has 1 atom stereocenters. The minimum atomic E-state index is -0.360. The Hall–Kier alpha value is -2.41. The summed E-state index contributed by atoms with van der Waals surface area (Å²) in [6.45, 7) is 6.55. The van der Waals surface area contributed by atoms with Crippen molar-refractivity contribution in [3.8, 4) is 0 Å². The van der Waals surface area contributed by atoms with Gasteiger partial charge in [-0.25, -0.2) is 0 Å². The number of nitrogens with zero attached hydrogens (tertiary/aromatic N) is 2. The Morgan fingerprint density at radius 1 is 1.08 bits per heavy atom. The third-order valence-electron chi connectivity index (χ3n) is 4.43. The monoisotopic (exact) mass is 360 g/mol. The highest BCUT2D eigenvalue weighted by molar-refractivity contribution is 5.87. The number of benzene rings is 1. The van der Waals surface area contributed by atoms with Crippen LogP contribution in [0.4, 0.5) is 0 Å². The van der Waals surface area contributed by atoms with E-state index in [0.717, 1.165) is 26.1 Å². The zero-order valence-corrected chi connectivity index (χ0v) is 15.5. The highest BCUT2D eigenvalue weighted by Gasteiger charge is 2.25. The van der Waals surface area contributed by atoms with Crippen molar-refractivity contribution in [3.63, 3.8) is 0 Å². The molecule has 1 saturated heterocycles. The van der Waals surface area contributed by atoms with Crippen molar-refractivity contribution in [1.29, 1.82) is 0 Å². The van der Waals surface area contributed by atoms with E-state index in [1.54, 1.807) is 0 Å². The van der Waals surface area contributed by atoms with Gasteiger partial charge in [0, 0.05) is 39.1 Å². The Morgan fingerprint density at radius 2 is 1.81 bits per heavy atom. The average Bonchev–Trinajstić information content (AvgIpc) is 2.79. The van der Waals surface area contributed by atoms with Gasteiger partial charge in [0.25, 0.3) is 0 Å². The summed E-state index contributed by atoms with van der Waals surface area (Å²) in [5, 5.41) is 4.98. The van der Waals surface area contributed by atoms with E-state index < -0.39 is 0 Å². The molecule has 0 aliphatic carbocycles. The molecule has 2 N–H and O–H groups in total. The molecule has 0 spiro atoms. The van der Waals surface area contributed by atoms with Crippen molar-refractivity contribution in [3.05, 3.63) is 35.9 Å². The summed E-state index contributed by atoms with van der Waals surface area (Å²) < 4.78 is 0. The first-order chi connectivity index (χ1) is 12.5. The van der Waals surface area contributed by atoms with Gasteiger partial charge < -0.3 is 15.5 Å². The molecule has 7 nitrogen and oxygen atoms in total. The van der Waals surface area contributed by atoms with Crippen LogP contribution in [-0.4, -0.2) is 66.3 Å². The van der Waals surface area contributed by atoms with Gasteiger partial charge in [0.15, 0.2) is 0 Å². The molecular formula is C19H28N4O3. The van der Waals surface area contributed by atoms with Gasteiger partial charge in [-0.15, -0.1) is 0 Å². The summed E-state index contributed by atoms with van der Waals surface area (Å²) in [6, 6.07) is 10.4. The second-order valence-electron chi connectivity index (χ2n) is 6.70. The van der Waals surface area contributed by atoms with Gasteiger partial charge >= 0.3 is 0 Å². The number of amides is 3. The SMILES string of the molecule is CC(=O)NCC(=O)NCC(=O)N1CCCN(Cc2ccccc2)CC1C. The molecule has 1 aliphatic rings. The Bertz CT molecular complexity index is 620. The lowest BCUT2D eigenvalue weighted by Gasteiger charge is -2.29. The molecule has 3 amide bonds. The summed E-state index contributed by atoms with van der Waals surface area (Å²) in [5.74, 6) is -0.719. The lowest BCUT2D eigenvalue weighted by Crippen LogP contribution is -2.48. The topological polar surface area (TPSA) is 81.8 Å². The molecule has 0 aromatic heterocycles. The summed E-state index contributed by atoms with van der Waals surface area (Å²) in [4.78, 5) is 39.1. The lowest BCUT2D eigenvalue weighted by atomic mass is 10.2. The number of hydrogen-bond acceptors (Lipinski definition) is 4. The van der Waals surface area contributed by atoms with Crippen LogP contribution in [0.15, 0.2) is 30.3 Å². The Balaban J connectivity index is 1.81. The third-order valence-corrected chi connectivity index (χ3v) is 4.43. The molecular weight excluding hydrogens is 332 g/mol. The maximum Gasteiger partial charge on any atom is 0.242 e. The van der Waals surface area contributed by atoms with Crippen molar-refractivity contribution in [2.45, 2.75) is 32.9 Å². The van der Waals surface area contributed by atoms with Gasteiger partial charge in [-0.05, 0) is 18.9 Å². The largest absolute Gasteiger partial charge is 0.347 e. The number of rotatable bonds is 6. The second-order valence-corrected chi connectivity index (χ2v) is 6.70. The van der Waals surface area contributed by atoms with Crippen LogP contribution in [0.5, 0.6) is 0 Å². The van der Waals surface area contributed by atoms with Gasteiger partial charge in [0.2, 0.25) is 17.7 Å². The summed E-state index contributed by atoms with van der Waals surface area (Å²) in [7, 11) is 0. The first kappa shape index (κ1) is 19.9. The van der Waals surface area contributed by atoms with E-state index in [2.05, 4.69) is 27.7 Å². The zero-order valence-electron chi connectivity index (χ0n) is 15.5. The third kappa shape index (κ3) is 6.48. The van der Waals surface area contributed by atoms with E-state index in [9.17, 15) is 14.4 Å². The van der Waals surface area contributed by atoms with Gasteiger partial charge in [-0.3, -0.25) is 19.3 Å². The first-order valence-electron chi connectivity index (χ1n) is 9.02. The van der Waals surface area contributed by atoms with Crippen LogP contribution < -0.4 is 10.6 Å². The van der Waals surface area contributed by atoms with Gasteiger partial charge in [0.1, 0.15) is 0 Å². The highest BCUT2D eigenvalue weighted by atomic mass is 16.2. The fourth-order valence-electron chi connectivity index (χ4n) is 3.15. The average molecular weight is 360 g/mol. The van der Waals surface area contributed by atoms with Gasteiger partial charge in [-0.1, -0.05) is 30.3 Å². The van der Waals surface area contributed by atoms with Crippen molar-refractivity contribution in [2.75, 3.05) is 32.7 Å². The number of carbonyl (C=O) groups is 3. The van der Waals surface area contributed by atoms with E-state index >= 15 is 0 Å². The van der Waals surface area contributed by atoms with Crippen LogP contribution in [0.3, 0.4) is 0 Å². The molecule has 1 fully saturated rings. The summed E-state index contributed by atoms with van der Waals surface area (Å²) in [6.07, 6.45) is 0.906. The van der Waals surface area contributed by atoms with Crippen LogP contribution in [0, 0.1) is 0 Å². The molecule has 1 aromatic carbocycles. The van der Waals surface area contributed by atoms with Crippen molar-refractivity contribution in [2.24, 2.45) is 0 Å². The Labute approximate surface area is 154 Å². The summed E-state index contributed by atoms with van der Waals surface area (Å²) >= 11 is 0. The van der Waals surface area contributed by atoms with Crippen LogP contribution in [0.25, 0.3) is 0 Å². The normalized spacial score (nSPS) is 18.1. The van der Waals surface area contributed by atoms with E-state index in [-0.39, 0.29) is 36.9 Å². The quantitative estimate of drug-likeness (QED) is 0.768. The predicted molar refractivity (Wildman–Crippen MR) is 99.2 cm³/mol. The van der Waals surface area contributed by atoms with Crippen molar-refractivity contribution in [1.82, 2.24) is 20.4 Å². The number of carbonyl (C=O) groups excluding carboxylic acids is 3. The molecule has 2 rings (SSSR count). The fourth-order valence-corrected chi connectivity index (χ4v) is 3.15. The van der Waals surface area contributed by atoms with Gasteiger partial charge in [-0.2, -0.15) is 0 Å². The van der Waals surface area contributed by atoms with Crippen LogP contribution in [0.2, 0.25) is 0 Å². The summed E-state index contributed by atoms with van der Waals surface area (Å²) in [5.41, 5.74) is 1.27. The molecule has 1 heterocycles. The van der Waals surface area contributed by atoms with E-state index in [1.165, 1.54) is 12.5 Å². The first-order valence-corrected chi connectivity index (χ1v) is 9.02. The second kappa shape index (κ2) is 9.91. The van der Waals surface area contributed by atoms with Crippen molar-refractivity contribution >= 4 is 17.7 Å². The fraction of sp³-hybridized carbons (Fsp3) is 0.526. The smallest absolute Gasteiger partial charge is 0.242 e. The molecule has 1 unspecified atom stereocenters. The Kier molecular flexibility index (Phi) is 7.59. The minimum absolute atomic E-state index is 0.0402. The maximum absolute atomic E-state index is 12.5. The Morgan fingerprint density at radius 3 is 2.50 bits per heavy atom. The van der Waals surface area contributed by atoms with E-state index in [0.29, 0.717) is 6.54 Å². The highest BCUT2D eigenvalue weighted by Crippen LogP contribution is 2.13. The van der Waals surface area contributed by atoms with Crippen molar-refractivity contribution < 1.29 is 14.4 Å². The lowest BCUT2D eigenvalue weighted by molar-refractivity contribution is -0.134.